The molecule has 2 aromatic carbocycles. The summed E-state index contributed by atoms with van der Waals surface area (Å²) in [5, 5.41) is 7.91. The van der Waals surface area contributed by atoms with Gasteiger partial charge < -0.3 is 18.9 Å². The Morgan fingerprint density at radius 1 is 0.697 bits per heavy atom. The smallest absolute Gasteiger partial charge is 0.240 e. The number of hydrogen-bond donors (Lipinski definition) is 2. The average molecular weight is 452 g/mol. The van der Waals surface area contributed by atoms with Gasteiger partial charge >= 0.3 is 0 Å². The number of benzene rings is 2. The Hall–Kier alpha value is -4.08. The number of amides is 2. The molecule has 33 heavy (non-hydrogen) atoms. The minimum Gasteiger partial charge on any atom is -0.454 e. The summed E-state index contributed by atoms with van der Waals surface area (Å²) >= 11 is 0. The molecule has 10 nitrogen and oxygen atoms in total. The number of unbranched alkanes of at least 4 members (excludes halogenated alkanes) is 2. The van der Waals surface area contributed by atoms with Crippen LogP contribution in [0, 0.1) is 0 Å². The van der Waals surface area contributed by atoms with Crippen molar-refractivity contribution in [2.45, 2.75) is 32.1 Å². The molecule has 0 bridgehead atoms. The third kappa shape index (κ3) is 6.45. The van der Waals surface area contributed by atoms with E-state index in [1.54, 1.807) is 36.7 Å². The molecule has 0 radical (unpaired) electrons. The van der Waals surface area contributed by atoms with Crippen molar-refractivity contribution in [2.75, 3.05) is 13.6 Å². The monoisotopic (exact) mass is 452 g/mol. The van der Waals surface area contributed by atoms with E-state index in [1.807, 2.05) is 12.1 Å². The van der Waals surface area contributed by atoms with E-state index in [0.29, 0.717) is 48.7 Å². The second-order valence-corrected chi connectivity index (χ2v) is 7.37. The highest BCUT2D eigenvalue weighted by atomic mass is 16.7. The van der Waals surface area contributed by atoms with Crippen LogP contribution in [0.5, 0.6) is 23.0 Å². The molecule has 0 aliphatic carbocycles. The number of fused-ring (bicyclic) bond motifs is 2. The van der Waals surface area contributed by atoms with Gasteiger partial charge in [0, 0.05) is 12.8 Å². The van der Waals surface area contributed by atoms with E-state index >= 15 is 0 Å². The summed E-state index contributed by atoms with van der Waals surface area (Å²) in [7, 11) is 0. The molecule has 0 fully saturated rings. The van der Waals surface area contributed by atoms with Crippen molar-refractivity contribution < 1.29 is 28.5 Å². The SMILES string of the molecule is O=C(CCCCCC(=O)N/N=C/c1ccc2c(c1)OCO2)N/N=C/c1ccc2c(c1)OCO2. The molecule has 2 aromatic rings. The zero-order valence-electron chi connectivity index (χ0n) is 17.9. The minimum atomic E-state index is -0.176. The van der Waals surface area contributed by atoms with Gasteiger partial charge in [0.05, 0.1) is 12.4 Å². The zero-order valence-corrected chi connectivity index (χ0v) is 17.9. The van der Waals surface area contributed by atoms with Crippen LogP contribution in [-0.2, 0) is 9.59 Å². The van der Waals surface area contributed by atoms with E-state index in [1.165, 1.54) is 0 Å². The largest absolute Gasteiger partial charge is 0.454 e. The molecule has 10 heteroatoms. The van der Waals surface area contributed by atoms with Crippen LogP contribution in [0.4, 0.5) is 0 Å². The third-order valence-corrected chi connectivity index (χ3v) is 4.91. The lowest BCUT2D eigenvalue weighted by atomic mass is 10.1. The maximum absolute atomic E-state index is 11.9. The number of hydrogen-bond acceptors (Lipinski definition) is 8. The van der Waals surface area contributed by atoms with Crippen LogP contribution in [-0.4, -0.2) is 37.8 Å². The van der Waals surface area contributed by atoms with Crippen LogP contribution in [0.1, 0.15) is 43.2 Å². The fourth-order valence-electron chi connectivity index (χ4n) is 3.20. The first-order valence-corrected chi connectivity index (χ1v) is 10.6. The van der Waals surface area contributed by atoms with Crippen molar-refractivity contribution in [3.8, 4) is 23.0 Å². The Kier molecular flexibility index (Phi) is 7.36. The first-order chi connectivity index (χ1) is 16.2. The van der Waals surface area contributed by atoms with Gasteiger partial charge in [0.2, 0.25) is 25.4 Å². The van der Waals surface area contributed by atoms with Crippen LogP contribution in [0.15, 0.2) is 46.6 Å². The molecule has 2 amide bonds. The Morgan fingerprint density at radius 2 is 1.15 bits per heavy atom. The molecular formula is C23H24N4O6. The average Bonchev–Trinajstić information content (AvgIpc) is 3.47. The number of carbonyl (C=O) groups is 2. The molecule has 0 saturated carbocycles. The number of carbonyl (C=O) groups excluding carboxylic acids is 2. The van der Waals surface area contributed by atoms with Gasteiger partial charge in [0.1, 0.15) is 0 Å². The summed E-state index contributed by atoms with van der Waals surface area (Å²) < 4.78 is 21.1. The Labute approximate surface area is 190 Å². The summed E-state index contributed by atoms with van der Waals surface area (Å²) in [6.45, 7) is 0.422. The van der Waals surface area contributed by atoms with Crippen LogP contribution in [0.3, 0.4) is 0 Å². The number of ether oxygens (including phenoxy) is 4. The molecule has 2 aliphatic rings. The molecule has 2 heterocycles. The summed E-state index contributed by atoms with van der Waals surface area (Å²) in [6.07, 6.45) is 5.85. The first kappa shape index (κ1) is 22.1. The van der Waals surface area contributed by atoms with Gasteiger partial charge in [-0.2, -0.15) is 10.2 Å². The van der Waals surface area contributed by atoms with Gasteiger partial charge in [0.25, 0.3) is 0 Å². The van der Waals surface area contributed by atoms with E-state index in [4.69, 9.17) is 18.9 Å². The lowest BCUT2D eigenvalue weighted by Crippen LogP contribution is -2.18. The number of nitrogens with zero attached hydrogens (tertiary/aromatic N) is 2. The predicted octanol–water partition coefficient (Wildman–Crippen LogP) is 2.69. The Balaban J connectivity index is 1.06. The van der Waals surface area contributed by atoms with E-state index in [0.717, 1.165) is 17.5 Å². The second-order valence-electron chi connectivity index (χ2n) is 7.37. The molecule has 0 aromatic heterocycles. The molecule has 4 rings (SSSR count). The predicted molar refractivity (Wildman–Crippen MR) is 120 cm³/mol. The van der Waals surface area contributed by atoms with Crippen molar-refractivity contribution in [1.82, 2.24) is 10.9 Å². The van der Waals surface area contributed by atoms with Crippen LogP contribution in [0.25, 0.3) is 0 Å². The second kappa shape index (κ2) is 11.0. The fraction of sp³-hybridized carbons (Fsp3) is 0.304. The molecule has 2 aliphatic heterocycles. The molecular weight excluding hydrogens is 428 g/mol. The Morgan fingerprint density at radius 3 is 1.64 bits per heavy atom. The number of nitrogens with one attached hydrogen (secondary N) is 2. The van der Waals surface area contributed by atoms with Crippen molar-refractivity contribution >= 4 is 24.2 Å². The molecule has 0 saturated heterocycles. The molecule has 172 valence electrons. The first-order valence-electron chi connectivity index (χ1n) is 10.6. The van der Waals surface area contributed by atoms with E-state index < -0.39 is 0 Å². The minimum absolute atomic E-state index is 0.176. The lowest BCUT2D eigenvalue weighted by molar-refractivity contribution is -0.121. The number of rotatable bonds is 10. The van der Waals surface area contributed by atoms with Crippen molar-refractivity contribution in [2.24, 2.45) is 10.2 Å². The van der Waals surface area contributed by atoms with Gasteiger partial charge in [-0.15, -0.1) is 0 Å². The molecule has 2 N–H and O–H groups in total. The molecule has 0 spiro atoms. The highest BCUT2D eigenvalue weighted by Gasteiger charge is 2.13. The zero-order chi connectivity index (χ0) is 22.9. The summed E-state index contributed by atoms with van der Waals surface area (Å²) in [5.74, 6) is 2.36. The molecule has 0 unspecified atom stereocenters. The van der Waals surface area contributed by atoms with Crippen molar-refractivity contribution in [3.05, 3.63) is 47.5 Å². The fourth-order valence-corrected chi connectivity index (χ4v) is 3.20. The highest BCUT2D eigenvalue weighted by Crippen LogP contribution is 2.32. The van der Waals surface area contributed by atoms with Gasteiger partial charge in [-0.3, -0.25) is 9.59 Å². The van der Waals surface area contributed by atoms with Gasteiger partial charge in [-0.25, -0.2) is 10.9 Å². The third-order valence-electron chi connectivity index (χ3n) is 4.91. The summed E-state index contributed by atoms with van der Waals surface area (Å²) in [6, 6.07) is 10.8. The van der Waals surface area contributed by atoms with E-state index in [-0.39, 0.29) is 25.4 Å². The van der Waals surface area contributed by atoms with Gasteiger partial charge in [-0.1, -0.05) is 6.42 Å². The standard InChI is InChI=1S/C23H24N4O6/c28-22(26-24-12-16-6-8-18-20(10-16)32-14-30-18)4-2-1-3-5-23(29)27-25-13-17-7-9-19-21(11-17)33-15-31-19/h6-13H,1-5,14-15H2,(H,26,28)(H,27,29)/b24-12+,25-13+. The normalized spacial score (nSPS) is 13.6. The Bertz CT molecular complexity index is 985. The van der Waals surface area contributed by atoms with Crippen LogP contribution < -0.4 is 29.8 Å². The summed E-state index contributed by atoms with van der Waals surface area (Å²) in [5.41, 5.74) is 6.60. The van der Waals surface area contributed by atoms with Gasteiger partial charge in [0.15, 0.2) is 23.0 Å². The van der Waals surface area contributed by atoms with E-state index in [9.17, 15) is 9.59 Å². The topological polar surface area (TPSA) is 120 Å². The quantitative estimate of drug-likeness (QED) is 0.325. The van der Waals surface area contributed by atoms with E-state index in [2.05, 4.69) is 21.1 Å². The van der Waals surface area contributed by atoms with Crippen molar-refractivity contribution in [1.29, 1.82) is 0 Å². The number of hydrazone groups is 2. The van der Waals surface area contributed by atoms with Crippen molar-refractivity contribution in [3.63, 3.8) is 0 Å². The summed E-state index contributed by atoms with van der Waals surface area (Å²) in [4.78, 5) is 23.8. The highest BCUT2D eigenvalue weighted by molar-refractivity contribution is 5.84. The maximum Gasteiger partial charge on any atom is 0.240 e. The maximum atomic E-state index is 11.9. The van der Waals surface area contributed by atoms with Gasteiger partial charge in [-0.05, 0) is 60.4 Å². The lowest BCUT2D eigenvalue weighted by Gasteiger charge is -2.02. The van der Waals surface area contributed by atoms with Crippen LogP contribution in [0.2, 0.25) is 0 Å². The molecule has 0 atom stereocenters. The van der Waals surface area contributed by atoms with Crippen LogP contribution >= 0.6 is 0 Å².